The van der Waals surface area contributed by atoms with Crippen molar-refractivity contribution in [1.82, 2.24) is 0 Å². The number of hydrogen-bond donors (Lipinski definition) is 0. The second-order valence-electron chi connectivity index (χ2n) is 14.6. The molecule has 0 aliphatic carbocycles. The highest BCUT2D eigenvalue weighted by atomic mass is 28.4. The van der Waals surface area contributed by atoms with Gasteiger partial charge in [0.2, 0.25) is 0 Å². The van der Waals surface area contributed by atoms with Crippen LogP contribution in [-0.2, 0) is 47.1 Å². The Balaban J connectivity index is 1.31. The van der Waals surface area contributed by atoms with E-state index in [0.29, 0.717) is 106 Å². The summed E-state index contributed by atoms with van der Waals surface area (Å²) in [6.45, 7) is 16.7. The van der Waals surface area contributed by atoms with Gasteiger partial charge in [0.25, 0.3) is 8.32 Å². The van der Waals surface area contributed by atoms with Gasteiger partial charge in [-0.3, -0.25) is 4.79 Å². The molecule has 0 bridgehead atoms. The zero-order valence-electron chi connectivity index (χ0n) is 34.7. The van der Waals surface area contributed by atoms with Crippen LogP contribution in [0.15, 0.2) is 60.7 Å². The third-order valence-corrected chi connectivity index (χ3v) is 14.2. The molecule has 0 radical (unpaired) electrons. The molecule has 0 amide bonds. The highest BCUT2D eigenvalue weighted by Crippen LogP contribution is 2.36. The summed E-state index contributed by atoms with van der Waals surface area (Å²) in [5.74, 6) is -0.135. The van der Waals surface area contributed by atoms with E-state index in [1.165, 1.54) is 55.3 Å². The Morgan fingerprint density at radius 2 is 0.782 bits per heavy atom. The average molecular weight is 791 g/mol. The summed E-state index contributed by atoms with van der Waals surface area (Å²) in [5, 5.41) is 2.48. The Bertz CT molecular complexity index is 1110. The molecule has 2 aromatic rings. The van der Waals surface area contributed by atoms with Crippen molar-refractivity contribution in [2.24, 2.45) is 0 Å². The summed E-state index contributed by atoms with van der Waals surface area (Å²) < 4.78 is 51.2. The highest BCUT2D eigenvalue weighted by molar-refractivity contribution is 6.99. The minimum Gasteiger partial charge on any atom is -0.463 e. The van der Waals surface area contributed by atoms with Crippen molar-refractivity contribution in [3.63, 3.8) is 0 Å². The van der Waals surface area contributed by atoms with Crippen LogP contribution in [0.3, 0.4) is 0 Å². The fourth-order valence-corrected chi connectivity index (χ4v) is 10.8. The van der Waals surface area contributed by atoms with Gasteiger partial charge in [-0.25, -0.2) is 0 Å². The van der Waals surface area contributed by atoms with Gasteiger partial charge >= 0.3 is 5.97 Å². The molecule has 0 spiro atoms. The maximum Gasteiger partial charge on any atom is 0.305 e. The highest BCUT2D eigenvalue weighted by Gasteiger charge is 2.50. The number of benzene rings is 2. The minimum absolute atomic E-state index is 0.0573. The summed E-state index contributed by atoms with van der Waals surface area (Å²) >= 11 is 0. The summed E-state index contributed by atoms with van der Waals surface area (Å²) in [4.78, 5) is 11.8. The number of hydrogen-bond acceptors (Lipinski definition) is 10. The molecule has 0 fully saturated rings. The molecule has 0 unspecified atom stereocenters. The predicted molar refractivity (Wildman–Crippen MR) is 222 cm³/mol. The van der Waals surface area contributed by atoms with Crippen LogP contribution in [0, 0.1) is 0 Å². The molecule has 55 heavy (non-hydrogen) atoms. The number of unbranched alkanes of at least 4 members (excludes halogenated alkanes) is 8. The topological polar surface area (TPSA) is 100 Å². The largest absolute Gasteiger partial charge is 0.463 e. The van der Waals surface area contributed by atoms with Gasteiger partial charge in [0.05, 0.1) is 99.1 Å². The molecule has 0 saturated carbocycles. The van der Waals surface area contributed by atoms with Gasteiger partial charge in [-0.1, -0.05) is 140 Å². The molecule has 0 N–H and O–H groups in total. The van der Waals surface area contributed by atoms with Crippen molar-refractivity contribution >= 4 is 24.7 Å². The Labute approximate surface area is 334 Å². The van der Waals surface area contributed by atoms with E-state index in [1.807, 2.05) is 0 Å². The molecule has 0 aromatic heterocycles. The lowest BCUT2D eigenvalue weighted by Gasteiger charge is -2.43. The minimum atomic E-state index is -2.54. The lowest BCUT2D eigenvalue weighted by Crippen LogP contribution is -2.66. The van der Waals surface area contributed by atoms with Crippen LogP contribution >= 0.6 is 0 Å². The molecule has 11 heteroatoms. The van der Waals surface area contributed by atoms with Crippen molar-refractivity contribution in [2.75, 3.05) is 106 Å². The number of ether oxygens (including phenoxy) is 8. The quantitative estimate of drug-likeness (QED) is 0.0399. The third-order valence-electron chi connectivity index (χ3n) is 9.17. The van der Waals surface area contributed by atoms with Crippen LogP contribution < -0.4 is 10.4 Å². The summed E-state index contributed by atoms with van der Waals surface area (Å²) in [7, 11) is -2.54. The maximum atomic E-state index is 11.8. The van der Waals surface area contributed by atoms with E-state index in [2.05, 4.69) is 88.4 Å². The van der Waals surface area contributed by atoms with Crippen molar-refractivity contribution in [1.29, 1.82) is 0 Å². The zero-order valence-corrected chi connectivity index (χ0v) is 35.7. The zero-order chi connectivity index (χ0) is 39.6. The Morgan fingerprint density at radius 1 is 0.455 bits per heavy atom. The van der Waals surface area contributed by atoms with E-state index in [0.717, 1.165) is 12.8 Å². The monoisotopic (exact) mass is 791 g/mol. The van der Waals surface area contributed by atoms with E-state index in [-0.39, 0.29) is 17.6 Å². The Morgan fingerprint density at radius 3 is 1.15 bits per heavy atom. The fraction of sp³-hybridized carbons (Fsp3) is 0.705. The third kappa shape index (κ3) is 23.0. The van der Waals surface area contributed by atoms with Crippen LogP contribution in [0.2, 0.25) is 5.04 Å². The molecule has 0 saturated heterocycles. The molecule has 2 rings (SSSR count). The second kappa shape index (κ2) is 32.8. The Hall–Kier alpha value is -2.19. The van der Waals surface area contributed by atoms with Crippen molar-refractivity contribution in [2.45, 2.75) is 96.9 Å². The molecule has 0 atom stereocenters. The lowest BCUT2D eigenvalue weighted by molar-refractivity contribution is -0.145. The maximum absolute atomic E-state index is 11.8. The van der Waals surface area contributed by atoms with E-state index in [4.69, 9.17) is 42.3 Å². The lowest BCUT2D eigenvalue weighted by atomic mass is 10.1. The molecule has 314 valence electrons. The van der Waals surface area contributed by atoms with Crippen LogP contribution in [0.4, 0.5) is 0 Å². The van der Waals surface area contributed by atoms with E-state index in [9.17, 15) is 4.79 Å². The molecule has 0 aliphatic rings. The number of esters is 1. The van der Waals surface area contributed by atoms with Gasteiger partial charge in [0.15, 0.2) is 0 Å². The first-order valence-electron chi connectivity index (χ1n) is 20.9. The SMILES string of the molecule is CCCCCCCCCCCC(=O)OCCOCCOCCOCCOCCOCCOCCOCCO[Si](c1ccccc1)(c1ccccc1)C(C)(C)C. The Kier molecular flexibility index (Phi) is 29.2. The van der Waals surface area contributed by atoms with Crippen LogP contribution in [-0.4, -0.2) is 120 Å². The smallest absolute Gasteiger partial charge is 0.305 e. The van der Waals surface area contributed by atoms with Gasteiger partial charge in [-0.05, 0) is 21.8 Å². The van der Waals surface area contributed by atoms with Crippen molar-refractivity contribution in [3.8, 4) is 0 Å². The number of carbonyl (C=O) groups excluding carboxylic acids is 1. The van der Waals surface area contributed by atoms with Gasteiger partial charge in [0.1, 0.15) is 6.61 Å². The summed E-state index contributed by atoms with van der Waals surface area (Å²) in [6, 6.07) is 21.3. The predicted octanol–water partition coefficient (Wildman–Crippen LogP) is 7.14. The summed E-state index contributed by atoms with van der Waals surface area (Å²) in [5.41, 5.74) is 0. The molecule has 0 aliphatic heterocycles. The van der Waals surface area contributed by atoms with E-state index in [1.54, 1.807) is 0 Å². The van der Waals surface area contributed by atoms with Gasteiger partial charge in [-0.2, -0.15) is 0 Å². The average Bonchev–Trinajstić information content (AvgIpc) is 3.19. The first-order valence-corrected chi connectivity index (χ1v) is 22.8. The van der Waals surface area contributed by atoms with Crippen molar-refractivity contribution in [3.05, 3.63) is 60.7 Å². The van der Waals surface area contributed by atoms with Gasteiger partial charge in [-0.15, -0.1) is 0 Å². The van der Waals surface area contributed by atoms with Gasteiger partial charge in [0, 0.05) is 6.42 Å². The van der Waals surface area contributed by atoms with Crippen LogP contribution in [0.1, 0.15) is 91.9 Å². The summed E-state index contributed by atoms with van der Waals surface area (Å²) in [6.07, 6.45) is 11.6. The van der Waals surface area contributed by atoms with Crippen LogP contribution in [0.25, 0.3) is 0 Å². The molecule has 0 heterocycles. The van der Waals surface area contributed by atoms with E-state index < -0.39 is 8.32 Å². The van der Waals surface area contributed by atoms with Crippen molar-refractivity contribution < 1.29 is 47.1 Å². The standard InChI is InChI=1S/C44H74O10Si/c1-5-6-7-8-9-10-11-12-19-24-43(45)53-39-37-51-35-33-49-31-29-47-27-25-46-26-28-48-30-32-50-34-36-52-38-40-54-55(44(2,3)4,41-20-15-13-16-21-41)42-22-17-14-18-23-42/h13-18,20-23H,5-12,19,24-40H2,1-4H3. The van der Waals surface area contributed by atoms with Crippen LogP contribution in [0.5, 0.6) is 0 Å². The first kappa shape index (κ1) is 49.0. The molecule has 10 nitrogen and oxygen atoms in total. The molecular formula is C44H74O10Si. The fourth-order valence-electron chi connectivity index (χ4n) is 6.30. The molecule has 2 aromatic carbocycles. The number of carbonyl (C=O) groups is 1. The second-order valence-corrected chi connectivity index (χ2v) is 18.9. The normalized spacial score (nSPS) is 12.0. The van der Waals surface area contributed by atoms with E-state index >= 15 is 0 Å². The first-order chi connectivity index (χ1) is 26.9. The van der Waals surface area contributed by atoms with Gasteiger partial charge < -0.3 is 42.3 Å². The number of rotatable bonds is 37. The molecular weight excluding hydrogens is 717 g/mol.